The van der Waals surface area contributed by atoms with E-state index in [0.29, 0.717) is 12.8 Å². The van der Waals surface area contributed by atoms with Gasteiger partial charge in [-0.2, -0.15) is 0 Å². The lowest BCUT2D eigenvalue weighted by Crippen LogP contribution is -2.65. The third-order valence-corrected chi connectivity index (χ3v) is 21.3. The highest BCUT2D eigenvalue weighted by atomic mass is 16.7. The number of aliphatic hydroxyl groups excluding tert-OH is 8. The molecule has 12 unspecified atom stereocenters. The zero-order chi connectivity index (χ0) is 76.5. The number of carbonyl (C=O) groups is 1. The first-order valence-electron chi connectivity index (χ1n) is 44.5. The summed E-state index contributed by atoms with van der Waals surface area (Å²) in [5.41, 5.74) is 0. The lowest BCUT2D eigenvalue weighted by atomic mass is 9.97. The third kappa shape index (κ3) is 56.2. The molecule has 0 bridgehead atoms. The van der Waals surface area contributed by atoms with Crippen molar-refractivity contribution in [2.75, 3.05) is 19.8 Å². The van der Waals surface area contributed by atoms with Crippen LogP contribution in [0.15, 0.2) is 97.2 Å². The van der Waals surface area contributed by atoms with Gasteiger partial charge >= 0.3 is 0 Å². The van der Waals surface area contributed by atoms with E-state index in [1.54, 1.807) is 0 Å². The van der Waals surface area contributed by atoms with Crippen molar-refractivity contribution in [1.29, 1.82) is 0 Å². The van der Waals surface area contributed by atoms with Crippen molar-refractivity contribution >= 4 is 5.91 Å². The summed E-state index contributed by atoms with van der Waals surface area (Å²) in [5, 5.41) is 88.1. The molecule has 0 radical (unpaired) electrons. The Kier molecular flexibility index (Phi) is 69.7. The molecule has 2 fully saturated rings. The van der Waals surface area contributed by atoms with E-state index < -0.39 is 86.8 Å². The maximum atomic E-state index is 13.4. The lowest BCUT2D eigenvalue weighted by molar-refractivity contribution is -0.359. The highest BCUT2D eigenvalue weighted by Gasteiger charge is 2.51. The summed E-state index contributed by atoms with van der Waals surface area (Å²) in [6.45, 7) is 2.80. The average Bonchev–Trinajstić information content (AvgIpc) is 0.789. The molecule has 14 heteroatoms. The standard InChI is InChI=1S/C92H165NO13/c1-3-5-7-9-11-13-15-17-19-21-23-25-27-29-31-33-35-37-38-39-40-41-42-44-46-48-50-52-54-56-58-60-62-64-66-68-70-72-74-76-84(97)93-80(79-103-91-89(102)87(100)90(83(78-95)105-91)106-92-88(101)86(99)85(98)82(77-94)104-92)81(96)75-73-71-69-67-65-63-61-59-57-55-53-51-49-47-45-43-36-34-32-30-28-26-24-22-20-18-16-14-12-10-8-6-4-2/h5,7,11,13,17,19,23,25,29,31,35,37,39-40,42,44,80-83,85-92,94-96,98-102H,3-4,6,8-10,12,14-16,18,20-22,24,26-28,30,32-34,36,38,41,43,45-79H2,1-2H3,(H,93,97)/b7-5-,13-11-,19-17-,25-23-,31-29-,37-35-,40-39-,44-42-. The SMILES string of the molecule is CC/C=C\C/C=C\C/C=C\C/C=C\C/C=C\C/C=C\C/C=C\C/C=C\CCCCCCCCCCCCCCCCC(=O)NC(COC1OC(CO)C(OC2OC(CO)C(O)C(O)C2O)C(O)C1O)C(O)CCCCCCCCCCCCCCCCCCCCCCCCCCCCCCCCCCC. The molecular weight excluding hydrogens is 1330 g/mol. The number of nitrogens with one attached hydrogen (secondary N) is 1. The van der Waals surface area contributed by atoms with Gasteiger partial charge in [0.1, 0.15) is 48.8 Å². The number of allylic oxidation sites excluding steroid dienone is 16. The quantitative estimate of drug-likeness (QED) is 0.0204. The molecule has 0 aromatic rings. The zero-order valence-electron chi connectivity index (χ0n) is 67.9. The molecule has 12 atom stereocenters. The van der Waals surface area contributed by atoms with Gasteiger partial charge in [0.15, 0.2) is 12.6 Å². The van der Waals surface area contributed by atoms with E-state index in [9.17, 15) is 45.6 Å². The van der Waals surface area contributed by atoms with Gasteiger partial charge in [-0.05, 0) is 77.0 Å². The molecular formula is C92H165NO13. The largest absolute Gasteiger partial charge is 0.394 e. The Morgan fingerprint density at radius 3 is 1.00 bits per heavy atom. The number of amides is 1. The van der Waals surface area contributed by atoms with E-state index >= 15 is 0 Å². The van der Waals surface area contributed by atoms with Crippen molar-refractivity contribution < 1.29 is 64.6 Å². The first-order chi connectivity index (χ1) is 52.1. The Bertz CT molecular complexity index is 2160. The first kappa shape index (κ1) is 99.0. The second kappa shape index (κ2) is 74.6. The molecule has 2 rings (SSSR count). The summed E-state index contributed by atoms with van der Waals surface area (Å²) in [4.78, 5) is 13.4. The molecule has 0 spiro atoms. The van der Waals surface area contributed by atoms with Crippen LogP contribution in [-0.4, -0.2) is 140 Å². The number of hydrogen-bond acceptors (Lipinski definition) is 13. The second-order valence-electron chi connectivity index (χ2n) is 31.0. The van der Waals surface area contributed by atoms with Gasteiger partial charge in [0.05, 0.1) is 32.0 Å². The summed E-state index contributed by atoms with van der Waals surface area (Å²) < 4.78 is 23.0. The van der Waals surface area contributed by atoms with Gasteiger partial charge < -0.3 is 65.1 Å². The lowest BCUT2D eigenvalue weighted by Gasteiger charge is -2.46. The van der Waals surface area contributed by atoms with E-state index in [2.05, 4.69) is 116 Å². The summed E-state index contributed by atoms with van der Waals surface area (Å²) in [5.74, 6) is -0.204. The van der Waals surface area contributed by atoms with Crippen LogP contribution in [0.2, 0.25) is 0 Å². The third-order valence-electron chi connectivity index (χ3n) is 21.3. The summed E-state index contributed by atoms with van der Waals surface area (Å²) >= 11 is 0. The zero-order valence-corrected chi connectivity index (χ0v) is 67.9. The van der Waals surface area contributed by atoms with Crippen LogP contribution in [0, 0.1) is 0 Å². The van der Waals surface area contributed by atoms with Gasteiger partial charge in [-0.15, -0.1) is 0 Å². The Morgan fingerprint density at radius 2 is 0.651 bits per heavy atom. The average molecular weight is 1490 g/mol. The second-order valence-corrected chi connectivity index (χ2v) is 31.0. The van der Waals surface area contributed by atoms with E-state index in [1.807, 2.05) is 0 Å². The smallest absolute Gasteiger partial charge is 0.220 e. The molecule has 0 aromatic carbocycles. The maximum absolute atomic E-state index is 13.4. The van der Waals surface area contributed by atoms with Crippen LogP contribution in [0.3, 0.4) is 0 Å². The van der Waals surface area contributed by atoms with Crippen LogP contribution >= 0.6 is 0 Å². The van der Waals surface area contributed by atoms with Crippen LogP contribution in [0.25, 0.3) is 0 Å². The van der Waals surface area contributed by atoms with Crippen molar-refractivity contribution in [2.24, 2.45) is 0 Å². The van der Waals surface area contributed by atoms with E-state index in [-0.39, 0.29) is 12.5 Å². The number of ether oxygens (including phenoxy) is 4. The molecule has 9 N–H and O–H groups in total. The minimum atomic E-state index is -1.79. The molecule has 0 aliphatic carbocycles. The van der Waals surface area contributed by atoms with Crippen LogP contribution in [0.5, 0.6) is 0 Å². The van der Waals surface area contributed by atoms with Crippen LogP contribution in [-0.2, 0) is 23.7 Å². The van der Waals surface area contributed by atoms with Crippen molar-refractivity contribution in [3.05, 3.63) is 97.2 Å². The van der Waals surface area contributed by atoms with Gasteiger partial charge in [-0.1, -0.05) is 400 Å². The van der Waals surface area contributed by atoms with Gasteiger partial charge in [0, 0.05) is 6.42 Å². The minimum Gasteiger partial charge on any atom is -0.394 e. The monoisotopic (exact) mass is 1490 g/mol. The molecule has 2 aliphatic heterocycles. The highest BCUT2D eigenvalue weighted by Crippen LogP contribution is 2.31. The van der Waals surface area contributed by atoms with Crippen LogP contribution in [0.4, 0.5) is 0 Å². The Labute approximate surface area is 649 Å². The highest BCUT2D eigenvalue weighted by molar-refractivity contribution is 5.76. The number of aliphatic hydroxyl groups is 8. The normalized spacial score (nSPS) is 21.8. The fraction of sp³-hybridized carbons (Fsp3) is 0.815. The van der Waals surface area contributed by atoms with E-state index in [0.717, 1.165) is 103 Å². The maximum Gasteiger partial charge on any atom is 0.220 e. The number of carbonyl (C=O) groups excluding carboxylic acids is 1. The van der Waals surface area contributed by atoms with Crippen molar-refractivity contribution in [3.63, 3.8) is 0 Å². The summed E-state index contributed by atoms with van der Waals surface area (Å²) in [7, 11) is 0. The van der Waals surface area contributed by atoms with E-state index in [4.69, 9.17) is 18.9 Å². The first-order valence-corrected chi connectivity index (χ1v) is 44.5. The molecule has 616 valence electrons. The number of rotatable bonds is 75. The van der Waals surface area contributed by atoms with Crippen LogP contribution in [0.1, 0.15) is 386 Å². The molecule has 0 saturated carbocycles. The van der Waals surface area contributed by atoms with Crippen molar-refractivity contribution in [1.82, 2.24) is 5.32 Å². The Hall–Kier alpha value is -3.09. The van der Waals surface area contributed by atoms with Crippen molar-refractivity contribution in [3.8, 4) is 0 Å². The van der Waals surface area contributed by atoms with Gasteiger partial charge in [-0.3, -0.25) is 4.79 Å². The summed E-state index contributed by atoms with van der Waals surface area (Å²) in [6, 6.07) is -0.837. The summed E-state index contributed by atoms with van der Waals surface area (Å²) in [6.07, 6.45) is 90.4. The molecule has 2 saturated heterocycles. The minimum absolute atomic E-state index is 0.204. The Balaban J connectivity index is 1.57. The van der Waals surface area contributed by atoms with Gasteiger partial charge in [0.25, 0.3) is 0 Å². The van der Waals surface area contributed by atoms with E-state index in [1.165, 1.54) is 257 Å². The molecule has 1 amide bonds. The fourth-order valence-corrected chi connectivity index (χ4v) is 14.4. The van der Waals surface area contributed by atoms with Gasteiger partial charge in [0.2, 0.25) is 5.91 Å². The molecule has 106 heavy (non-hydrogen) atoms. The topological polar surface area (TPSA) is 228 Å². The fourth-order valence-electron chi connectivity index (χ4n) is 14.4. The predicted molar refractivity (Wildman–Crippen MR) is 443 cm³/mol. The molecule has 2 aliphatic rings. The van der Waals surface area contributed by atoms with Crippen molar-refractivity contribution in [2.45, 2.75) is 460 Å². The number of hydrogen-bond donors (Lipinski definition) is 9. The molecule has 14 nitrogen and oxygen atoms in total. The molecule has 0 aromatic heterocycles. The van der Waals surface area contributed by atoms with Gasteiger partial charge in [-0.25, -0.2) is 0 Å². The van der Waals surface area contributed by atoms with Crippen LogP contribution < -0.4 is 5.32 Å². The molecule has 2 heterocycles. The predicted octanol–water partition coefficient (Wildman–Crippen LogP) is 21.6. The Morgan fingerprint density at radius 1 is 0.349 bits per heavy atom. The number of unbranched alkanes of at least 4 members (excludes halogenated alkanes) is 46.